The Morgan fingerprint density at radius 3 is 2.94 bits per heavy atom. The first-order chi connectivity index (χ1) is 15.2. The highest BCUT2D eigenvalue weighted by Gasteiger charge is 2.13. The molecule has 0 spiro atoms. The maximum Gasteiger partial charge on any atom is 0.162 e. The molecule has 7 nitrogen and oxygen atoms in total. The molecule has 0 aliphatic carbocycles. The van der Waals surface area contributed by atoms with Gasteiger partial charge in [0.15, 0.2) is 11.5 Å². The highest BCUT2D eigenvalue weighted by atomic mass is 35.5. The Morgan fingerprint density at radius 1 is 1.10 bits per heavy atom. The minimum absolute atomic E-state index is 0.530. The lowest BCUT2D eigenvalue weighted by atomic mass is 10.1. The number of hydrogen-bond acceptors (Lipinski definition) is 7. The molecule has 2 N–H and O–H groups in total. The number of anilines is 2. The third kappa shape index (κ3) is 5.31. The molecule has 0 saturated heterocycles. The Hall–Kier alpha value is -3.16. The third-order valence-corrected chi connectivity index (χ3v) is 5.08. The minimum atomic E-state index is 0.530. The summed E-state index contributed by atoms with van der Waals surface area (Å²) in [4.78, 5) is 13.4. The monoisotopic (exact) mass is 437 g/mol. The van der Waals surface area contributed by atoms with Crippen LogP contribution in [0.25, 0.3) is 10.9 Å². The number of nitrogens with one attached hydrogen (secondary N) is 2. The molecule has 0 fully saturated rings. The molecule has 0 radical (unpaired) electrons. The van der Waals surface area contributed by atoms with Crippen molar-refractivity contribution in [2.24, 2.45) is 4.99 Å². The normalized spacial score (nSPS) is 17.0. The molecule has 2 aromatic carbocycles. The minimum Gasteiger partial charge on any atom is -0.493 e. The Labute approximate surface area is 186 Å². The smallest absolute Gasteiger partial charge is 0.162 e. The summed E-state index contributed by atoms with van der Waals surface area (Å²) in [6.45, 7) is 2.54. The first-order valence-electron chi connectivity index (χ1n) is 10.1. The summed E-state index contributed by atoms with van der Waals surface area (Å²) in [5, 5.41) is 8.18. The fraction of sp³-hybridized carbons (Fsp3) is 0.261. The zero-order valence-electron chi connectivity index (χ0n) is 17.3. The molecule has 3 aromatic rings. The maximum atomic E-state index is 6.27. The number of ether oxygens (including phenoxy) is 2. The average molecular weight is 438 g/mol. The van der Waals surface area contributed by atoms with Gasteiger partial charge in [-0.25, -0.2) is 9.97 Å². The average Bonchev–Trinajstić information content (AvgIpc) is 2.78. The number of aliphatic imine (C=N–C) groups is 1. The zero-order valence-corrected chi connectivity index (χ0v) is 18.0. The van der Waals surface area contributed by atoms with E-state index in [1.165, 1.54) is 6.33 Å². The van der Waals surface area contributed by atoms with Gasteiger partial charge in [0.2, 0.25) is 0 Å². The quantitative estimate of drug-likeness (QED) is 0.544. The van der Waals surface area contributed by atoms with Gasteiger partial charge in [0.05, 0.1) is 25.8 Å². The number of rotatable bonds is 1. The Morgan fingerprint density at radius 2 is 2.03 bits per heavy atom. The van der Waals surface area contributed by atoms with Crippen LogP contribution in [0.3, 0.4) is 0 Å². The van der Waals surface area contributed by atoms with Crippen LogP contribution in [0, 0.1) is 0 Å². The molecule has 31 heavy (non-hydrogen) atoms. The first kappa shape index (κ1) is 21.1. The fourth-order valence-corrected chi connectivity index (χ4v) is 3.44. The second-order valence-electron chi connectivity index (χ2n) is 6.96. The number of methoxy groups -OCH3 is 1. The molecule has 0 saturated carbocycles. The van der Waals surface area contributed by atoms with Crippen molar-refractivity contribution >= 4 is 40.2 Å². The molecule has 2 heterocycles. The molecule has 1 aliphatic rings. The van der Waals surface area contributed by atoms with Crippen LogP contribution < -0.4 is 20.1 Å². The Balaban J connectivity index is 1.77. The van der Waals surface area contributed by atoms with Crippen molar-refractivity contribution < 1.29 is 9.47 Å². The lowest BCUT2D eigenvalue weighted by molar-refractivity contribution is 0.300. The van der Waals surface area contributed by atoms with E-state index in [2.05, 4.69) is 37.7 Å². The van der Waals surface area contributed by atoms with Crippen molar-refractivity contribution in [3.05, 3.63) is 59.4 Å². The molecular formula is C23H24ClN5O2. The summed E-state index contributed by atoms with van der Waals surface area (Å²) in [7, 11) is 1.62. The third-order valence-electron chi connectivity index (χ3n) is 4.84. The lowest BCUT2D eigenvalue weighted by Crippen LogP contribution is -2.16. The Bertz CT molecular complexity index is 1120. The number of halogens is 1. The zero-order chi connectivity index (χ0) is 21.5. The van der Waals surface area contributed by atoms with Gasteiger partial charge < -0.3 is 20.1 Å². The van der Waals surface area contributed by atoms with E-state index in [0.29, 0.717) is 42.0 Å². The number of nitrogens with zero attached hydrogens (tertiary/aromatic N) is 3. The van der Waals surface area contributed by atoms with Crippen molar-refractivity contribution in [1.29, 1.82) is 0 Å². The summed E-state index contributed by atoms with van der Waals surface area (Å²) in [6, 6.07) is 9.48. The van der Waals surface area contributed by atoms with Gasteiger partial charge in [0, 0.05) is 41.5 Å². The van der Waals surface area contributed by atoms with Crippen LogP contribution >= 0.6 is 11.6 Å². The van der Waals surface area contributed by atoms with Gasteiger partial charge in [0.1, 0.15) is 12.1 Å². The van der Waals surface area contributed by atoms with Crippen LogP contribution in [0.2, 0.25) is 5.02 Å². The molecule has 160 valence electrons. The molecule has 0 unspecified atom stereocenters. The summed E-state index contributed by atoms with van der Waals surface area (Å²) in [6.07, 6.45) is 8.38. The van der Waals surface area contributed by atoms with Crippen molar-refractivity contribution in [1.82, 2.24) is 15.3 Å². The van der Waals surface area contributed by atoms with E-state index in [1.807, 2.05) is 36.5 Å². The van der Waals surface area contributed by atoms with Gasteiger partial charge in [-0.15, -0.1) is 0 Å². The predicted octanol–water partition coefficient (Wildman–Crippen LogP) is 4.53. The molecule has 8 heteroatoms. The van der Waals surface area contributed by atoms with E-state index in [-0.39, 0.29) is 0 Å². The van der Waals surface area contributed by atoms with E-state index in [1.54, 1.807) is 7.11 Å². The van der Waals surface area contributed by atoms with Crippen LogP contribution in [0.5, 0.6) is 11.5 Å². The van der Waals surface area contributed by atoms with Crippen LogP contribution in [0.1, 0.15) is 12.0 Å². The van der Waals surface area contributed by atoms with Crippen LogP contribution in [0.15, 0.2) is 53.8 Å². The summed E-state index contributed by atoms with van der Waals surface area (Å²) in [5.41, 5.74) is 2.61. The topological polar surface area (TPSA) is 80.7 Å². The first-order valence-corrected chi connectivity index (χ1v) is 10.5. The molecule has 1 aliphatic heterocycles. The second kappa shape index (κ2) is 10.2. The second-order valence-corrected chi connectivity index (χ2v) is 7.40. The summed E-state index contributed by atoms with van der Waals surface area (Å²) in [5.74, 6) is 1.94. The van der Waals surface area contributed by atoms with Gasteiger partial charge in [-0.3, -0.25) is 4.99 Å². The van der Waals surface area contributed by atoms with Gasteiger partial charge >= 0.3 is 0 Å². The molecule has 0 atom stereocenters. The van der Waals surface area contributed by atoms with Crippen molar-refractivity contribution in [3.8, 4) is 11.5 Å². The fourth-order valence-electron chi connectivity index (χ4n) is 3.26. The van der Waals surface area contributed by atoms with Crippen molar-refractivity contribution in [2.45, 2.75) is 13.0 Å². The highest BCUT2D eigenvalue weighted by molar-refractivity contribution is 6.30. The van der Waals surface area contributed by atoms with Gasteiger partial charge in [-0.1, -0.05) is 29.8 Å². The van der Waals surface area contributed by atoms with E-state index in [9.17, 15) is 0 Å². The largest absolute Gasteiger partial charge is 0.493 e. The van der Waals surface area contributed by atoms with E-state index >= 15 is 0 Å². The Kier molecular flexibility index (Phi) is 6.96. The van der Waals surface area contributed by atoms with E-state index < -0.39 is 0 Å². The van der Waals surface area contributed by atoms with E-state index in [0.717, 1.165) is 35.1 Å². The van der Waals surface area contributed by atoms with Gasteiger partial charge in [0.25, 0.3) is 0 Å². The number of fused-ring (bicyclic) bond motifs is 2. The molecule has 2 bridgehead atoms. The lowest BCUT2D eigenvalue weighted by Gasteiger charge is -2.15. The summed E-state index contributed by atoms with van der Waals surface area (Å²) >= 11 is 6.27. The van der Waals surface area contributed by atoms with Crippen LogP contribution in [0.4, 0.5) is 11.5 Å². The molecule has 1 aromatic heterocycles. The van der Waals surface area contributed by atoms with Crippen LogP contribution in [-0.4, -0.2) is 43.0 Å². The molecular weight excluding hydrogens is 414 g/mol. The number of hydrogen-bond donors (Lipinski definition) is 2. The number of benzene rings is 2. The standard InChI is InChI=1S/C23H24ClN5O2/c1-30-21-13-20-18-12-22(21)31-10-4-2-3-7-25-8-9-26-14-16-5-6-17(24)11-19(16)29-23(18)28-15-27-20/h2-3,5-6,9,11-13,15,25H,4,7-8,10,14H2,1H3,(H,27,28,29)/b3-2-,26-9-. The highest BCUT2D eigenvalue weighted by Crippen LogP contribution is 2.35. The number of aromatic nitrogens is 2. The van der Waals surface area contributed by atoms with Crippen molar-refractivity contribution in [2.75, 3.05) is 32.1 Å². The van der Waals surface area contributed by atoms with Gasteiger partial charge in [-0.2, -0.15) is 0 Å². The van der Waals surface area contributed by atoms with Gasteiger partial charge in [-0.05, 0) is 30.2 Å². The molecule has 4 rings (SSSR count). The maximum absolute atomic E-state index is 6.27. The molecule has 0 amide bonds. The van der Waals surface area contributed by atoms with Crippen LogP contribution in [-0.2, 0) is 6.54 Å². The SMILES string of the molecule is COc1cc2ncnc3c2cc1OCC/C=C\CNC/C=N\Cc1ccc(Cl)cc1N3. The van der Waals surface area contributed by atoms with E-state index in [4.69, 9.17) is 21.1 Å². The predicted molar refractivity (Wildman–Crippen MR) is 125 cm³/mol. The summed E-state index contributed by atoms with van der Waals surface area (Å²) < 4.78 is 11.5. The van der Waals surface area contributed by atoms with Crippen molar-refractivity contribution in [3.63, 3.8) is 0 Å².